The van der Waals surface area contributed by atoms with Crippen LogP contribution < -0.4 is 9.47 Å². The lowest BCUT2D eigenvalue weighted by Gasteiger charge is -2.28. The number of esters is 2. The zero-order valence-electron chi connectivity index (χ0n) is 21.1. The van der Waals surface area contributed by atoms with Crippen molar-refractivity contribution in [2.24, 2.45) is 5.92 Å². The number of halogens is 2. The molecule has 1 fully saturated rings. The first kappa shape index (κ1) is 27.6. The Bertz CT molecular complexity index is 984. The summed E-state index contributed by atoms with van der Waals surface area (Å²) < 4.78 is 43.8. The van der Waals surface area contributed by atoms with E-state index < -0.39 is 23.9 Å². The quantitative estimate of drug-likeness (QED) is 0.231. The Balaban J connectivity index is 1.40. The van der Waals surface area contributed by atoms with Crippen molar-refractivity contribution >= 4 is 11.9 Å². The zero-order valence-corrected chi connectivity index (χ0v) is 21.1. The average molecular weight is 503 g/mol. The Morgan fingerprint density at radius 1 is 1.03 bits per heavy atom. The Morgan fingerprint density at radius 3 is 2.39 bits per heavy atom. The minimum absolute atomic E-state index is 0.101. The van der Waals surface area contributed by atoms with Gasteiger partial charge in [-0.25, -0.2) is 18.4 Å². The van der Waals surface area contributed by atoms with E-state index in [1.165, 1.54) is 12.1 Å². The third-order valence-electron chi connectivity index (χ3n) is 6.59. The van der Waals surface area contributed by atoms with Crippen LogP contribution in [0.5, 0.6) is 11.5 Å². The van der Waals surface area contributed by atoms with Crippen LogP contribution in [0.4, 0.5) is 8.78 Å². The van der Waals surface area contributed by atoms with Gasteiger partial charge in [0.25, 0.3) is 0 Å². The molecule has 1 saturated carbocycles. The van der Waals surface area contributed by atoms with Crippen LogP contribution in [0.25, 0.3) is 0 Å². The minimum Gasteiger partial charge on any atom is -0.491 e. The topological polar surface area (TPSA) is 61.8 Å². The van der Waals surface area contributed by atoms with E-state index >= 15 is 0 Å². The molecule has 0 spiro atoms. The first-order valence-electron chi connectivity index (χ1n) is 13.0. The Morgan fingerprint density at radius 2 is 1.75 bits per heavy atom. The normalized spacial score (nSPS) is 18.3. The highest BCUT2D eigenvalue weighted by Gasteiger charge is 2.27. The zero-order chi connectivity index (χ0) is 25.9. The van der Waals surface area contributed by atoms with Crippen molar-refractivity contribution in [3.63, 3.8) is 0 Å². The maximum absolute atomic E-state index is 14.0. The number of unbranched alkanes of at least 4 members (excludes halogenated alkanes) is 1. The molecule has 0 heterocycles. The van der Waals surface area contributed by atoms with Crippen LogP contribution in [0.15, 0.2) is 42.5 Å². The van der Waals surface area contributed by atoms with Crippen LogP contribution in [-0.4, -0.2) is 30.8 Å². The number of alkyl halides is 1. The number of hydrogen-bond donors (Lipinski definition) is 0. The van der Waals surface area contributed by atoms with Crippen LogP contribution in [0.1, 0.15) is 81.1 Å². The maximum Gasteiger partial charge on any atom is 0.343 e. The molecule has 0 aromatic heterocycles. The molecule has 0 N–H and O–H groups in total. The molecule has 7 heteroatoms. The number of carbonyl (C=O) groups excluding carboxylic acids is 2. The standard InChI is InChI=1S/C29H36F2O5/c1-3-5-6-25(30)29(33)36-24-16-11-21(12-17-24)8-7-20-9-14-23(15-10-20)35-28(32)22-13-18-27(34-4-2)26(31)19-22/h9-10,13-15,18-19,21,24-25H,3-8,11-12,16-17H2,1-2H3/t21?,24?,25-/m0/s1. The second-order valence-electron chi connectivity index (χ2n) is 9.34. The first-order chi connectivity index (χ1) is 17.4. The molecule has 2 aromatic carbocycles. The molecule has 1 aliphatic carbocycles. The summed E-state index contributed by atoms with van der Waals surface area (Å²) in [4.78, 5) is 24.2. The lowest BCUT2D eigenvalue weighted by molar-refractivity contribution is -0.157. The predicted molar refractivity (Wildman–Crippen MR) is 134 cm³/mol. The van der Waals surface area contributed by atoms with Gasteiger partial charge in [0.1, 0.15) is 11.9 Å². The monoisotopic (exact) mass is 502 g/mol. The lowest BCUT2D eigenvalue weighted by atomic mass is 9.83. The molecule has 0 amide bonds. The van der Waals surface area contributed by atoms with Crippen molar-refractivity contribution in [2.75, 3.05) is 6.61 Å². The molecule has 0 unspecified atom stereocenters. The van der Waals surface area contributed by atoms with Crippen molar-refractivity contribution in [3.05, 3.63) is 59.4 Å². The molecule has 0 saturated heterocycles. The van der Waals surface area contributed by atoms with Gasteiger partial charge < -0.3 is 14.2 Å². The van der Waals surface area contributed by atoms with E-state index in [9.17, 15) is 18.4 Å². The van der Waals surface area contributed by atoms with E-state index in [4.69, 9.17) is 14.2 Å². The van der Waals surface area contributed by atoms with Crippen LogP contribution >= 0.6 is 0 Å². The molecular formula is C29H36F2O5. The Hall–Kier alpha value is -2.96. The fraction of sp³-hybridized carbons (Fsp3) is 0.517. The molecule has 0 aliphatic heterocycles. The summed E-state index contributed by atoms with van der Waals surface area (Å²) in [5, 5.41) is 0. The fourth-order valence-electron chi connectivity index (χ4n) is 4.44. The summed E-state index contributed by atoms with van der Waals surface area (Å²) in [6.45, 7) is 4.06. The molecule has 36 heavy (non-hydrogen) atoms. The molecule has 0 radical (unpaired) electrons. The van der Waals surface area contributed by atoms with Crippen molar-refractivity contribution in [1.29, 1.82) is 0 Å². The van der Waals surface area contributed by atoms with Crippen molar-refractivity contribution in [1.82, 2.24) is 0 Å². The molecule has 196 valence electrons. The van der Waals surface area contributed by atoms with Crippen LogP contribution in [0.3, 0.4) is 0 Å². The Kier molecular flexibility index (Phi) is 10.7. The lowest BCUT2D eigenvalue weighted by Crippen LogP contribution is -2.29. The van der Waals surface area contributed by atoms with Crippen LogP contribution in [0, 0.1) is 11.7 Å². The molecule has 2 aromatic rings. The fourth-order valence-corrected chi connectivity index (χ4v) is 4.44. The van der Waals surface area contributed by atoms with E-state index in [0.29, 0.717) is 24.7 Å². The van der Waals surface area contributed by atoms with Crippen molar-refractivity contribution in [2.45, 2.75) is 83.9 Å². The highest BCUT2D eigenvalue weighted by atomic mass is 19.1. The third kappa shape index (κ3) is 8.32. The van der Waals surface area contributed by atoms with Gasteiger partial charge in [0.2, 0.25) is 0 Å². The predicted octanol–water partition coefficient (Wildman–Crippen LogP) is 7.01. The number of benzene rings is 2. The number of carbonyl (C=O) groups is 2. The molecule has 5 nitrogen and oxygen atoms in total. The number of hydrogen-bond acceptors (Lipinski definition) is 5. The van der Waals surface area contributed by atoms with Gasteiger partial charge in [0, 0.05) is 0 Å². The van der Waals surface area contributed by atoms with Gasteiger partial charge in [-0.1, -0.05) is 31.9 Å². The average Bonchev–Trinajstić information content (AvgIpc) is 2.88. The molecule has 3 rings (SSSR count). The van der Waals surface area contributed by atoms with E-state index in [0.717, 1.165) is 56.6 Å². The van der Waals surface area contributed by atoms with Gasteiger partial charge >= 0.3 is 11.9 Å². The summed E-state index contributed by atoms with van der Waals surface area (Å²) in [6.07, 6.45) is 5.46. The van der Waals surface area contributed by atoms with Gasteiger partial charge in [-0.3, -0.25) is 0 Å². The third-order valence-corrected chi connectivity index (χ3v) is 6.59. The molecule has 0 bridgehead atoms. The van der Waals surface area contributed by atoms with Crippen LogP contribution in [0.2, 0.25) is 0 Å². The van der Waals surface area contributed by atoms with Crippen LogP contribution in [-0.2, 0) is 16.0 Å². The molecular weight excluding hydrogens is 466 g/mol. The summed E-state index contributed by atoms with van der Waals surface area (Å²) >= 11 is 0. The highest BCUT2D eigenvalue weighted by Crippen LogP contribution is 2.30. The van der Waals surface area contributed by atoms with Gasteiger partial charge in [-0.05, 0) is 93.7 Å². The maximum atomic E-state index is 14.0. The number of aryl methyl sites for hydroxylation is 1. The van der Waals surface area contributed by atoms with Gasteiger partial charge in [0.15, 0.2) is 17.7 Å². The van der Waals surface area contributed by atoms with Gasteiger partial charge in [-0.15, -0.1) is 0 Å². The second-order valence-corrected chi connectivity index (χ2v) is 9.34. The Labute approximate surface area is 212 Å². The van der Waals surface area contributed by atoms with E-state index in [1.54, 1.807) is 19.1 Å². The summed E-state index contributed by atoms with van der Waals surface area (Å²) in [6, 6.07) is 11.3. The van der Waals surface area contributed by atoms with E-state index in [1.807, 2.05) is 19.1 Å². The summed E-state index contributed by atoms with van der Waals surface area (Å²) in [5.74, 6) is -0.915. The van der Waals surface area contributed by atoms with Crippen molar-refractivity contribution < 1.29 is 32.6 Å². The largest absolute Gasteiger partial charge is 0.491 e. The second kappa shape index (κ2) is 14.0. The van der Waals surface area contributed by atoms with E-state index in [-0.39, 0.29) is 23.8 Å². The highest BCUT2D eigenvalue weighted by molar-refractivity contribution is 5.91. The number of ether oxygens (including phenoxy) is 3. The smallest absolute Gasteiger partial charge is 0.343 e. The molecule has 1 aliphatic rings. The van der Waals surface area contributed by atoms with Gasteiger partial charge in [-0.2, -0.15) is 0 Å². The van der Waals surface area contributed by atoms with Crippen molar-refractivity contribution in [3.8, 4) is 11.5 Å². The summed E-state index contributed by atoms with van der Waals surface area (Å²) in [7, 11) is 0. The number of rotatable bonds is 12. The molecule has 1 atom stereocenters. The first-order valence-corrected chi connectivity index (χ1v) is 13.0. The minimum atomic E-state index is -1.51. The van der Waals surface area contributed by atoms with Gasteiger partial charge in [0.05, 0.1) is 12.2 Å². The summed E-state index contributed by atoms with van der Waals surface area (Å²) in [5.41, 5.74) is 1.25. The van der Waals surface area contributed by atoms with E-state index in [2.05, 4.69) is 0 Å². The SMILES string of the molecule is CCCC[C@H](F)C(=O)OC1CCC(CCc2ccc(OC(=O)c3ccc(OCC)c(F)c3)cc2)CC1.